The van der Waals surface area contributed by atoms with Crippen LogP contribution in [0.2, 0.25) is 0 Å². The molecule has 0 fully saturated rings. The zero-order chi connectivity index (χ0) is 15.2. The summed E-state index contributed by atoms with van der Waals surface area (Å²) in [5.41, 5.74) is 0. The molecule has 0 aromatic carbocycles. The SMILES string of the molecule is CCCC[O][Al]([O]CCCC)[O]C(=CC(C)=O)OCC. The Labute approximate surface area is 127 Å². The summed E-state index contributed by atoms with van der Waals surface area (Å²) < 4.78 is 22.2. The Bertz CT molecular complexity index is 271. The van der Waals surface area contributed by atoms with Gasteiger partial charge in [0.25, 0.3) is 0 Å². The van der Waals surface area contributed by atoms with Gasteiger partial charge in [-0.05, 0) is 26.7 Å². The molecule has 0 aliphatic heterocycles. The van der Waals surface area contributed by atoms with Crippen molar-refractivity contribution in [1.29, 1.82) is 0 Å². The number of hydrogen-bond acceptors (Lipinski definition) is 5. The summed E-state index contributed by atoms with van der Waals surface area (Å²) in [4.78, 5) is 11.1. The summed E-state index contributed by atoms with van der Waals surface area (Å²) >= 11 is -2.29. The minimum atomic E-state index is -2.29. The normalized spacial score (nSPS) is 11.3. The van der Waals surface area contributed by atoms with Crippen molar-refractivity contribution in [1.82, 2.24) is 0 Å². The van der Waals surface area contributed by atoms with Crippen LogP contribution in [0.1, 0.15) is 53.4 Å². The lowest BCUT2D eigenvalue weighted by Crippen LogP contribution is -2.29. The number of unbranched alkanes of at least 4 members (excludes halogenated alkanes) is 2. The van der Waals surface area contributed by atoms with Gasteiger partial charge in [0.1, 0.15) is 0 Å². The summed E-state index contributed by atoms with van der Waals surface area (Å²) in [5, 5.41) is 0. The molecule has 0 saturated heterocycles. The predicted molar refractivity (Wildman–Crippen MR) is 78.9 cm³/mol. The van der Waals surface area contributed by atoms with E-state index in [0.29, 0.717) is 19.8 Å². The molecule has 0 radical (unpaired) electrons. The van der Waals surface area contributed by atoms with Crippen LogP contribution in [-0.4, -0.2) is 40.8 Å². The zero-order valence-electron chi connectivity index (χ0n) is 13.1. The minimum absolute atomic E-state index is 0.122. The number of rotatable bonds is 13. The van der Waals surface area contributed by atoms with E-state index < -0.39 is 15.1 Å². The molecule has 0 atom stereocenters. The number of carbonyl (C=O) groups is 1. The highest BCUT2D eigenvalue weighted by atomic mass is 27.3. The zero-order valence-corrected chi connectivity index (χ0v) is 14.3. The van der Waals surface area contributed by atoms with Crippen LogP contribution >= 0.6 is 0 Å². The highest BCUT2D eigenvalue weighted by Crippen LogP contribution is 2.07. The van der Waals surface area contributed by atoms with Crippen molar-refractivity contribution in [3.63, 3.8) is 0 Å². The topological polar surface area (TPSA) is 54.0 Å². The van der Waals surface area contributed by atoms with E-state index in [2.05, 4.69) is 13.8 Å². The number of ketones is 1. The fourth-order valence-electron chi connectivity index (χ4n) is 1.28. The van der Waals surface area contributed by atoms with Crippen LogP contribution in [0.4, 0.5) is 0 Å². The smallest absolute Gasteiger partial charge is 0.572 e. The highest BCUT2D eigenvalue weighted by molar-refractivity contribution is 6.36. The Morgan fingerprint density at radius 1 is 1.05 bits per heavy atom. The first-order chi connectivity index (χ1) is 9.63. The van der Waals surface area contributed by atoms with Gasteiger partial charge in [0, 0.05) is 13.2 Å². The molecule has 5 nitrogen and oxygen atoms in total. The largest absolute Gasteiger partial charge is 1.00 e. The first kappa shape index (κ1) is 19.5. The van der Waals surface area contributed by atoms with Gasteiger partial charge in [-0.2, -0.15) is 0 Å². The van der Waals surface area contributed by atoms with Crippen LogP contribution in [0, 0.1) is 0 Å². The second kappa shape index (κ2) is 13.4. The number of ether oxygens (including phenoxy) is 1. The van der Waals surface area contributed by atoms with E-state index in [9.17, 15) is 4.79 Å². The van der Waals surface area contributed by atoms with Gasteiger partial charge in [-0.3, -0.25) is 4.79 Å². The molecule has 116 valence electrons. The molecule has 0 aliphatic carbocycles. The van der Waals surface area contributed by atoms with E-state index in [1.54, 1.807) is 0 Å². The fourth-order valence-corrected chi connectivity index (χ4v) is 2.55. The quantitative estimate of drug-likeness (QED) is 0.226. The molecular weight excluding hydrogens is 275 g/mol. The molecule has 0 bridgehead atoms. The molecular formula is C14H27AlO5. The second-order valence-corrected chi connectivity index (χ2v) is 5.84. The van der Waals surface area contributed by atoms with Gasteiger partial charge in [-0.15, -0.1) is 0 Å². The summed E-state index contributed by atoms with van der Waals surface area (Å²) in [7, 11) is 0. The molecule has 6 heteroatoms. The lowest BCUT2D eigenvalue weighted by atomic mass is 10.4. The van der Waals surface area contributed by atoms with Crippen LogP contribution in [0.15, 0.2) is 12.0 Å². The van der Waals surface area contributed by atoms with Crippen molar-refractivity contribution in [3.8, 4) is 0 Å². The Balaban J connectivity index is 4.42. The third kappa shape index (κ3) is 11.3. The van der Waals surface area contributed by atoms with Crippen molar-refractivity contribution in [3.05, 3.63) is 12.0 Å². The van der Waals surface area contributed by atoms with Crippen molar-refractivity contribution >= 4 is 20.9 Å². The average molecular weight is 302 g/mol. The molecule has 0 rings (SSSR count). The summed E-state index contributed by atoms with van der Waals surface area (Å²) in [6.45, 7) is 9.14. The maximum atomic E-state index is 11.1. The maximum Gasteiger partial charge on any atom is 1.00 e. The monoisotopic (exact) mass is 302 g/mol. The standard InChI is InChI=1S/C6H10O3.2C4H9O.Al/c1-3-9-6(8)4-5(2)7;2*1-2-3-4-5;/h4,8H,3H2,1-2H3;2*2-4H2,1H3;/q;2*-1;+3/p-1. The van der Waals surface area contributed by atoms with Gasteiger partial charge in [0.15, 0.2) is 5.78 Å². The Hall–Kier alpha value is -0.538. The first-order valence-corrected chi connectivity index (χ1v) is 8.80. The Morgan fingerprint density at radius 2 is 1.60 bits per heavy atom. The third-order valence-electron chi connectivity index (χ3n) is 2.32. The molecule has 0 aliphatic rings. The van der Waals surface area contributed by atoms with Crippen molar-refractivity contribution in [2.24, 2.45) is 0 Å². The average Bonchev–Trinajstić information content (AvgIpc) is 2.38. The fraction of sp³-hybridized carbons (Fsp3) is 0.786. The van der Waals surface area contributed by atoms with E-state index in [1.165, 1.54) is 13.0 Å². The number of allylic oxidation sites excluding steroid dienone is 1. The number of carbonyl (C=O) groups excluding carboxylic acids is 1. The van der Waals surface area contributed by atoms with Crippen LogP contribution in [0.5, 0.6) is 0 Å². The van der Waals surface area contributed by atoms with E-state index >= 15 is 0 Å². The van der Waals surface area contributed by atoms with Crippen molar-refractivity contribution in [2.75, 3.05) is 19.8 Å². The summed E-state index contributed by atoms with van der Waals surface area (Å²) in [6.07, 6.45) is 5.36. The predicted octanol–water partition coefficient (Wildman–Crippen LogP) is 3.09. The minimum Gasteiger partial charge on any atom is -0.572 e. The van der Waals surface area contributed by atoms with E-state index in [4.69, 9.17) is 16.1 Å². The molecule has 0 unspecified atom stereocenters. The first-order valence-electron chi connectivity index (χ1n) is 7.38. The van der Waals surface area contributed by atoms with E-state index in [1.807, 2.05) is 6.92 Å². The van der Waals surface area contributed by atoms with Gasteiger partial charge in [0.2, 0.25) is 5.95 Å². The van der Waals surface area contributed by atoms with Gasteiger partial charge in [-0.1, -0.05) is 26.7 Å². The second-order valence-electron chi connectivity index (χ2n) is 4.36. The van der Waals surface area contributed by atoms with Crippen molar-refractivity contribution < 1.29 is 20.9 Å². The molecule has 0 amide bonds. The highest BCUT2D eigenvalue weighted by Gasteiger charge is 2.36. The van der Waals surface area contributed by atoms with E-state index in [0.717, 1.165) is 25.7 Å². The van der Waals surface area contributed by atoms with Gasteiger partial charge < -0.3 is 16.1 Å². The van der Waals surface area contributed by atoms with Crippen LogP contribution < -0.4 is 0 Å². The van der Waals surface area contributed by atoms with Gasteiger partial charge in [0.05, 0.1) is 12.7 Å². The lowest BCUT2D eigenvalue weighted by molar-refractivity contribution is -0.113. The molecule has 0 N–H and O–H groups in total. The lowest BCUT2D eigenvalue weighted by Gasteiger charge is -2.16. The number of hydrogen-bond donors (Lipinski definition) is 0. The van der Waals surface area contributed by atoms with Crippen LogP contribution in [0.25, 0.3) is 0 Å². The Morgan fingerprint density at radius 3 is 2.00 bits per heavy atom. The van der Waals surface area contributed by atoms with Gasteiger partial charge >= 0.3 is 15.1 Å². The third-order valence-corrected chi connectivity index (χ3v) is 3.76. The molecule has 0 aromatic rings. The molecule has 0 spiro atoms. The molecule has 0 aromatic heterocycles. The van der Waals surface area contributed by atoms with Crippen LogP contribution in [-0.2, 0) is 20.9 Å². The van der Waals surface area contributed by atoms with Gasteiger partial charge in [-0.25, -0.2) is 0 Å². The summed E-state index contributed by atoms with van der Waals surface area (Å²) in [5.74, 6) is 0.0768. The van der Waals surface area contributed by atoms with Crippen LogP contribution in [0.3, 0.4) is 0 Å². The molecule has 0 heterocycles. The molecule has 0 saturated carbocycles. The summed E-state index contributed by atoms with van der Waals surface area (Å²) in [6, 6.07) is 0. The van der Waals surface area contributed by atoms with Crippen molar-refractivity contribution in [2.45, 2.75) is 53.4 Å². The maximum absolute atomic E-state index is 11.1. The Kier molecular flexibility index (Phi) is 13.1. The molecule has 20 heavy (non-hydrogen) atoms. The van der Waals surface area contributed by atoms with E-state index in [-0.39, 0.29) is 11.7 Å².